The van der Waals surface area contributed by atoms with Crippen LogP contribution in [0, 0.1) is 0 Å². The molecule has 2 N–H and O–H groups in total. The minimum Gasteiger partial charge on any atom is -0.465 e. The lowest BCUT2D eigenvalue weighted by Gasteiger charge is -2.06. The molecule has 0 saturated carbocycles. The standard InChI is InChI=1S/C13H13N3O3/c1-19-13(18)9-4-5-10(15-7-9)8-16-6-2-3-11(14)12(16)17/h2-7H,8,14H2,1H3. The number of nitrogen functional groups attached to an aromatic ring is 1. The third kappa shape index (κ3) is 2.79. The van der Waals surface area contributed by atoms with E-state index < -0.39 is 5.97 Å². The van der Waals surface area contributed by atoms with E-state index in [0.717, 1.165) is 0 Å². The predicted molar refractivity (Wildman–Crippen MR) is 69.8 cm³/mol. The third-order valence-electron chi connectivity index (χ3n) is 2.63. The number of hydrogen-bond donors (Lipinski definition) is 1. The number of pyridine rings is 2. The summed E-state index contributed by atoms with van der Waals surface area (Å²) in [6.45, 7) is 0.297. The average molecular weight is 259 g/mol. The molecular formula is C13H13N3O3. The van der Waals surface area contributed by atoms with Crippen molar-refractivity contribution >= 4 is 11.7 Å². The van der Waals surface area contributed by atoms with E-state index in [-0.39, 0.29) is 11.2 Å². The second-order valence-electron chi connectivity index (χ2n) is 3.93. The molecule has 2 heterocycles. The van der Waals surface area contributed by atoms with Crippen LogP contribution in [0.15, 0.2) is 41.5 Å². The molecule has 0 aliphatic rings. The number of methoxy groups -OCH3 is 1. The van der Waals surface area contributed by atoms with E-state index in [1.807, 2.05) is 0 Å². The molecule has 6 heteroatoms. The van der Waals surface area contributed by atoms with Gasteiger partial charge in [0.25, 0.3) is 5.56 Å². The van der Waals surface area contributed by atoms with Gasteiger partial charge in [-0.1, -0.05) is 0 Å². The Labute approximate surface area is 109 Å². The van der Waals surface area contributed by atoms with E-state index in [1.54, 1.807) is 30.5 Å². The Bertz CT molecular complexity index is 647. The maximum absolute atomic E-state index is 11.7. The van der Waals surface area contributed by atoms with Gasteiger partial charge in [-0.15, -0.1) is 0 Å². The molecule has 0 aliphatic carbocycles. The lowest BCUT2D eigenvalue weighted by molar-refractivity contribution is 0.0600. The van der Waals surface area contributed by atoms with Crippen molar-refractivity contribution in [3.05, 3.63) is 58.3 Å². The van der Waals surface area contributed by atoms with Crippen LogP contribution in [0.5, 0.6) is 0 Å². The number of carbonyl (C=O) groups excluding carboxylic acids is 1. The van der Waals surface area contributed by atoms with Crippen LogP contribution in [0.4, 0.5) is 5.69 Å². The Morgan fingerprint density at radius 1 is 1.42 bits per heavy atom. The Hall–Kier alpha value is -2.63. The van der Waals surface area contributed by atoms with Crippen LogP contribution < -0.4 is 11.3 Å². The van der Waals surface area contributed by atoms with E-state index in [9.17, 15) is 9.59 Å². The number of anilines is 1. The Kier molecular flexibility index (Phi) is 3.61. The van der Waals surface area contributed by atoms with Crippen molar-refractivity contribution in [2.24, 2.45) is 0 Å². The number of nitrogens with two attached hydrogens (primary N) is 1. The third-order valence-corrected chi connectivity index (χ3v) is 2.63. The molecule has 0 fully saturated rings. The van der Waals surface area contributed by atoms with E-state index >= 15 is 0 Å². The van der Waals surface area contributed by atoms with Crippen molar-refractivity contribution in [2.75, 3.05) is 12.8 Å². The SMILES string of the molecule is COC(=O)c1ccc(Cn2cccc(N)c2=O)nc1. The molecule has 0 spiro atoms. The summed E-state index contributed by atoms with van der Waals surface area (Å²) in [7, 11) is 1.31. The molecule has 2 rings (SSSR count). The fraction of sp³-hybridized carbons (Fsp3) is 0.154. The van der Waals surface area contributed by atoms with Crippen molar-refractivity contribution in [3.8, 4) is 0 Å². The Morgan fingerprint density at radius 3 is 2.84 bits per heavy atom. The first-order valence-electron chi connectivity index (χ1n) is 5.60. The minimum absolute atomic E-state index is 0.189. The maximum atomic E-state index is 11.7. The topological polar surface area (TPSA) is 87.2 Å². The van der Waals surface area contributed by atoms with Crippen LogP contribution >= 0.6 is 0 Å². The van der Waals surface area contributed by atoms with Crippen LogP contribution in [0.2, 0.25) is 0 Å². The van der Waals surface area contributed by atoms with Gasteiger partial charge in [0.15, 0.2) is 0 Å². The van der Waals surface area contributed by atoms with Crippen molar-refractivity contribution < 1.29 is 9.53 Å². The van der Waals surface area contributed by atoms with Crippen LogP contribution in [0.3, 0.4) is 0 Å². The van der Waals surface area contributed by atoms with Gasteiger partial charge >= 0.3 is 5.97 Å². The van der Waals surface area contributed by atoms with Gasteiger partial charge in [-0.25, -0.2) is 4.79 Å². The number of ether oxygens (including phenoxy) is 1. The summed E-state index contributed by atoms with van der Waals surface area (Å²) in [5, 5.41) is 0. The van der Waals surface area contributed by atoms with E-state index in [0.29, 0.717) is 17.8 Å². The molecule has 0 unspecified atom stereocenters. The molecule has 98 valence electrons. The molecule has 0 aliphatic heterocycles. The smallest absolute Gasteiger partial charge is 0.339 e. The summed E-state index contributed by atoms with van der Waals surface area (Å²) in [6, 6.07) is 6.51. The first-order chi connectivity index (χ1) is 9.11. The summed E-state index contributed by atoms with van der Waals surface area (Å²) in [5.41, 5.74) is 6.49. The van der Waals surface area contributed by atoms with Gasteiger partial charge in [-0.3, -0.25) is 9.78 Å². The molecule has 6 nitrogen and oxygen atoms in total. The second kappa shape index (κ2) is 5.34. The summed E-state index contributed by atoms with van der Waals surface area (Å²) in [6.07, 6.45) is 3.05. The van der Waals surface area contributed by atoms with Crippen molar-refractivity contribution in [3.63, 3.8) is 0 Å². The highest BCUT2D eigenvalue weighted by atomic mass is 16.5. The summed E-state index contributed by atoms with van der Waals surface area (Å²) in [4.78, 5) is 27.1. The zero-order chi connectivity index (χ0) is 13.8. The molecule has 0 amide bonds. The number of aromatic nitrogens is 2. The quantitative estimate of drug-likeness (QED) is 0.818. The lowest BCUT2D eigenvalue weighted by Crippen LogP contribution is -2.22. The minimum atomic E-state index is -0.444. The molecule has 0 saturated heterocycles. The van der Waals surface area contributed by atoms with Crippen LogP contribution in [-0.2, 0) is 11.3 Å². The lowest BCUT2D eigenvalue weighted by atomic mass is 10.2. The van der Waals surface area contributed by atoms with Gasteiger partial charge in [-0.2, -0.15) is 0 Å². The molecule has 0 radical (unpaired) electrons. The Balaban J connectivity index is 2.22. The average Bonchev–Trinajstić information content (AvgIpc) is 2.44. The molecule has 0 bridgehead atoms. The second-order valence-corrected chi connectivity index (χ2v) is 3.93. The number of esters is 1. The predicted octanol–water partition coefficient (Wildman–Crippen LogP) is 0.660. The molecule has 2 aromatic rings. The van der Waals surface area contributed by atoms with Crippen molar-refractivity contribution in [2.45, 2.75) is 6.54 Å². The maximum Gasteiger partial charge on any atom is 0.339 e. The molecular weight excluding hydrogens is 246 g/mol. The van der Waals surface area contributed by atoms with Gasteiger partial charge in [0, 0.05) is 12.4 Å². The van der Waals surface area contributed by atoms with Gasteiger partial charge in [0.1, 0.15) is 0 Å². The first-order valence-corrected chi connectivity index (χ1v) is 5.60. The van der Waals surface area contributed by atoms with E-state index in [1.165, 1.54) is 17.9 Å². The highest BCUT2D eigenvalue weighted by Gasteiger charge is 2.06. The summed E-state index contributed by atoms with van der Waals surface area (Å²) < 4.78 is 6.03. The van der Waals surface area contributed by atoms with E-state index in [4.69, 9.17) is 5.73 Å². The van der Waals surface area contributed by atoms with Gasteiger partial charge in [0.2, 0.25) is 0 Å². The molecule has 2 aromatic heterocycles. The normalized spacial score (nSPS) is 10.2. The summed E-state index contributed by atoms with van der Waals surface area (Å²) >= 11 is 0. The van der Waals surface area contributed by atoms with Crippen LogP contribution in [0.25, 0.3) is 0 Å². The van der Waals surface area contributed by atoms with E-state index in [2.05, 4.69) is 9.72 Å². The first kappa shape index (κ1) is 12.8. The molecule has 0 atom stereocenters. The fourth-order valence-corrected chi connectivity index (χ4v) is 1.61. The van der Waals surface area contributed by atoms with Crippen molar-refractivity contribution in [1.82, 2.24) is 9.55 Å². The molecule has 19 heavy (non-hydrogen) atoms. The van der Waals surface area contributed by atoms with Crippen molar-refractivity contribution in [1.29, 1.82) is 0 Å². The highest BCUT2D eigenvalue weighted by molar-refractivity contribution is 5.88. The van der Waals surface area contributed by atoms with Gasteiger partial charge < -0.3 is 15.0 Å². The number of nitrogens with zero attached hydrogens (tertiary/aromatic N) is 2. The molecule has 0 aromatic carbocycles. The largest absolute Gasteiger partial charge is 0.465 e. The Morgan fingerprint density at radius 2 is 2.21 bits per heavy atom. The zero-order valence-corrected chi connectivity index (χ0v) is 10.4. The van der Waals surface area contributed by atoms with Gasteiger partial charge in [-0.05, 0) is 24.3 Å². The van der Waals surface area contributed by atoms with Crippen LogP contribution in [0.1, 0.15) is 16.1 Å². The number of rotatable bonds is 3. The summed E-state index contributed by atoms with van der Waals surface area (Å²) in [5.74, 6) is -0.444. The highest BCUT2D eigenvalue weighted by Crippen LogP contribution is 2.03. The monoisotopic (exact) mass is 259 g/mol. The fourth-order valence-electron chi connectivity index (χ4n) is 1.61. The van der Waals surface area contributed by atoms with Crippen LogP contribution in [-0.4, -0.2) is 22.6 Å². The number of carbonyl (C=O) groups is 1. The zero-order valence-electron chi connectivity index (χ0n) is 10.4. The number of hydrogen-bond acceptors (Lipinski definition) is 5. The van der Waals surface area contributed by atoms with Gasteiger partial charge in [0.05, 0.1) is 30.6 Å².